The number of carbonyl (C=O) groups excluding carboxylic acids is 2. The van der Waals surface area contributed by atoms with Gasteiger partial charge < -0.3 is 10.2 Å². The van der Waals surface area contributed by atoms with Crippen LogP contribution in [0.1, 0.15) is 40.0 Å². The van der Waals surface area contributed by atoms with Crippen molar-refractivity contribution >= 4 is 66.4 Å². The summed E-state index contributed by atoms with van der Waals surface area (Å²) in [5.41, 5.74) is 0.966. The van der Waals surface area contributed by atoms with Crippen LogP contribution < -0.4 is 5.32 Å². The van der Waals surface area contributed by atoms with E-state index in [0.29, 0.717) is 16.4 Å². The Morgan fingerprint density at radius 3 is 2.65 bits per heavy atom. The number of benzene rings is 2. The highest BCUT2D eigenvalue weighted by Crippen LogP contribution is 2.36. The standard InChI is InChI=1S/C23H20ClN3O2S2/c24-20-14-7-1-3-10-17(14)30-21(20)22(29)25-13-19(28)27-12-6-5-9-16(27)23-26-15-8-2-4-11-18(15)31-23/h1-4,7-8,10-11,16H,5-6,9,12-13H2,(H,25,29). The van der Waals surface area contributed by atoms with E-state index in [4.69, 9.17) is 16.6 Å². The fourth-order valence-corrected chi connectivity index (χ4v) is 6.57. The van der Waals surface area contributed by atoms with Crippen molar-refractivity contribution in [3.05, 3.63) is 63.4 Å². The number of hydrogen-bond acceptors (Lipinski definition) is 5. The molecule has 3 heterocycles. The average Bonchev–Trinajstić information content (AvgIpc) is 3.39. The lowest BCUT2D eigenvalue weighted by atomic mass is 10.0. The Morgan fingerprint density at radius 1 is 1.06 bits per heavy atom. The van der Waals surface area contributed by atoms with Crippen molar-refractivity contribution in [2.24, 2.45) is 0 Å². The number of fused-ring (bicyclic) bond motifs is 2. The fourth-order valence-electron chi connectivity index (χ4n) is 4.02. The molecule has 8 heteroatoms. The van der Waals surface area contributed by atoms with E-state index in [2.05, 4.69) is 11.4 Å². The minimum atomic E-state index is -0.312. The van der Waals surface area contributed by atoms with E-state index < -0.39 is 0 Å². The van der Waals surface area contributed by atoms with Gasteiger partial charge in [0.2, 0.25) is 5.91 Å². The van der Waals surface area contributed by atoms with Crippen LogP contribution in [0.2, 0.25) is 5.02 Å². The molecule has 5 nitrogen and oxygen atoms in total. The molecule has 4 aromatic rings. The Balaban J connectivity index is 1.31. The molecular weight excluding hydrogens is 450 g/mol. The minimum Gasteiger partial charge on any atom is -0.342 e. The Bertz CT molecular complexity index is 1250. The summed E-state index contributed by atoms with van der Waals surface area (Å²) in [5, 5.41) is 5.04. The van der Waals surface area contributed by atoms with Gasteiger partial charge in [0.15, 0.2) is 0 Å². The maximum atomic E-state index is 13.0. The molecular formula is C23H20ClN3O2S2. The zero-order valence-corrected chi connectivity index (χ0v) is 19.0. The normalized spacial score (nSPS) is 16.7. The summed E-state index contributed by atoms with van der Waals surface area (Å²) in [6.07, 6.45) is 2.92. The van der Waals surface area contributed by atoms with Crippen LogP contribution in [0.25, 0.3) is 20.3 Å². The molecule has 2 amide bonds. The van der Waals surface area contributed by atoms with Gasteiger partial charge in [0, 0.05) is 16.6 Å². The van der Waals surface area contributed by atoms with Gasteiger partial charge >= 0.3 is 0 Å². The van der Waals surface area contributed by atoms with E-state index in [1.54, 1.807) is 11.3 Å². The SMILES string of the molecule is O=C(NCC(=O)N1CCCCC1c1nc2ccccc2s1)c1sc2ccccc2c1Cl. The average molecular weight is 470 g/mol. The molecule has 1 aliphatic heterocycles. The van der Waals surface area contributed by atoms with Crippen LogP contribution in [0.4, 0.5) is 0 Å². The zero-order chi connectivity index (χ0) is 21.4. The smallest absolute Gasteiger partial charge is 0.263 e. The predicted octanol–water partition coefficient (Wildman–Crippen LogP) is 5.65. The Hall–Kier alpha value is -2.48. The summed E-state index contributed by atoms with van der Waals surface area (Å²) >= 11 is 9.39. The number of halogens is 1. The van der Waals surface area contributed by atoms with E-state index in [1.165, 1.54) is 11.3 Å². The Kier molecular flexibility index (Phi) is 5.65. The van der Waals surface area contributed by atoms with E-state index in [0.717, 1.165) is 44.6 Å². The molecule has 5 rings (SSSR count). The number of aromatic nitrogens is 1. The lowest BCUT2D eigenvalue weighted by Crippen LogP contribution is -2.44. The second-order valence-corrected chi connectivity index (χ2v) is 10.0. The first-order valence-electron chi connectivity index (χ1n) is 10.2. The van der Waals surface area contributed by atoms with Gasteiger partial charge in [-0.3, -0.25) is 9.59 Å². The third-order valence-corrected chi connectivity index (χ3v) is 8.37. The van der Waals surface area contributed by atoms with Crippen LogP contribution >= 0.6 is 34.3 Å². The molecule has 0 saturated carbocycles. The van der Waals surface area contributed by atoms with Crippen molar-refractivity contribution in [3.63, 3.8) is 0 Å². The van der Waals surface area contributed by atoms with Crippen molar-refractivity contribution in [2.75, 3.05) is 13.1 Å². The summed E-state index contributed by atoms with van der Waals surface area (Å²) in [5.74, 6) is -0.400. The Morgan fingerprint density at radius 2 is 1.84 bits per heavy atom. The van der Waals surface area contributed by atoms with Gasteiger partial charge in [-0.2, -0.15) is 0 Å². The molecule has 1 N–H and O–H groups in total. The largest absolute Gasteiger partial charge is 0.342 e. The van der Waals surface area contributed by atoms with E-state index >= 15 is 0 Å². The molecule has 0 bridgehead atoms. The van der Waals surface area contributed by atoms with Crippen LogP contribution in [-0.2, 0) is 4.79 Å². The first kappa shape index (κ1) is 20.4. The van der Waals surface area contributed by atoms with Crippen LogP contribution in [0.15, 0.2) is 48.5 Å². The lowest BCUT2D eigenvalue weighted by molar-refractivity contribution is -0.133. The van der Waals surface area contributed by atoms with E-state index in [-0.39, 0.29) is 24.4 Å². The fraction of sp³-hybridized carbons (Fsp3) is 0.261. The third kappa shape index (κ3) is 3.93. The highest BCUT2D eigenvalue weighted by atomic mass is 35.5. The van der Waals surface area contributed by atoms with Gasteiger partial charge in [0.05, 0.1) is 27.8 Å². The molecule has 1 fully saturated rings. The number of hydrogen-bond donors (Lipinski definition) is 1. The highest BCUT2D eigenvalue weighted by molar-refractivity contribution is 7.21. The number of amides is 2. The van der Waals surface area contributed by atoms with E-state index in [1.807, 2.05) is 47.4 Å². The van der Waals surface area contributed by atoms with Crippen molar-refractivity contribution in [2.45, 2.75) is 25.3 Å². The van der Waals surface area contributed by atoms with Crippen LogP contribution in [0, 0.1) is 0 Å². The van der Waals surface area contributed by atoms with Crippen LogP contribution in [0.3, 0.4) is 0 Å². The van der Waals surface area contributed by atoms with E-state index in [9.17, 15) is 9.59 Å². The molecule has 0 radical (unpaired) electrons. The quantitative estimate of drug-likeness (QED) is 0.420. The van der Waals surface area contributed by atoms with Crippen molar-refractivity contribution in [1.29, 1.82) is 0 Å². The molecule has 0 spiro atoms. The van der Waals surface area contributed by atoms with Gasteiger partial charge in [-0.1, -0.05) is 41.9 Å². The first-order chi connectivity index (χ1) is 15.1. The third-order valence-electron chi connectivity index (χ3n) is 5.56. The van der Waals surface area contributed by atoms with Gasteiger partial charge in [-0.15, -0.1) is 22.7 Å². The molecule has 2 aromatic carbocycles. The van der Waals surface area contributed by atoms with Gasteiger partial charge in [-0.05, 0) is 37.5 Å². The number of para-hydroxylation sites is 1. The number of thiophene rings is 1. The van der Waals surface area contributed by atoms with Crippen molar-refractivity contribution in [3.8, 4) is 0 Å². The molecule has 31 heavy (non-hydrogen) atoms. The minimum absolute atomic E-state index is 0.0385. The topological polar surface area (TPSA) is 62.3 Å². The number of nitrogens with one attached hydrogen (secondary N) is 1. The summed E-state index contributed by atoms with van der Waals surface area (Å²) in [7, 11) is 0. The number of nitrogens with zero attached hydrogens (tertiary/aromatic N) is 2. The number of piperidine rings is 1. The van der Waals surface area contributed by atoms with Gasteiger partial charge in [0.1, 0.15) is 9.88 Å². The molecule has 0 aliphatic carbocycles. The maximum absolute atomic E-state index is 13.0. The van der Waals surface area contributed by atoms with Crippen molar-refractivity contribution < 1.29 is 9.59 Å². The second kappa shape index (κ2) is 8.57. The number of rotatable bonds is 4. The predicted molar refractivity (Wildman–Crippen MR) is 127 cm³/mol. The summed E-state index contributed by atoms with van der Waals surface area (Å²) < 4.78 is 2.08. The lowest BCUT2D eigenvalue weighted by Gasteiger charge is -2.34. The highest BCUT2D eigenvalue weighted by Gasteiger charge is 2.30. The maximum Gasteiger partial charge on any atom is 0.263 e. The molecule has 158 valence electrons. The van der Waals surface area contributed by atoms with Crippen molar-refractivity contribution in [1.82, 2.24) is 15.2 Å². The monoisotopic (exact) mass is 469 g/mol. The molecule has 1 aliphatic rings. The first-order valence-corrected chi connectivity index (χ1v) is 12.2. The molecule has 1 atom stereocenters. The summed E-state index contributed by atoms with van der Waals surface area (Å²) in [4.78, 5) is 32.9. The Labute approximate surface area is 192 Å². The number of carbonyl (C=O) groups is 2. The van der Waals surface area contributed by atoms with Crippen LogP contribution in [-0.4, -0.2) is 34.8 Å². The molecule has 1 unspecified atom stereocenters. The molecule has 2 aromatic heterocycles. The number of likely N-dealkylation sites (tertiary alicyclic amines) is 1. The van der Waals surface area contributed by atoms with Gasteiger partial charge in [0.25, 0.3) is 5.91 Å². The summed E-state index contributed by atoms with van der Waals surface area (Å²) in [6, 6.07) is 15.6. The summed E-state index contributed by atoms with van der Waals surface area (Å²) in [6.45, 7) is 0.629. The van der Waals surface area contributed by atoms with Gasteiger partial charge in [-0.25, -0.2) is 4.98 Å². The second-order valence-electron chi connectivity index (χ2n) is 7.54. The molecule has 1 saturated heterocycles. The number of thiazole rings is 1. The zero-order valence-electron chi connectivity index (χ0n) is 16.6. The van der Waals surface area contributed by atoms with Crippen LogP contribution in [0.5, 0.6) is 0 Å².